The molecule has 0 saturated heterocycles. The SMILES string of the molecule is CCCNc1nc(C)cc(-c2c(C)cc(C)cc2C)n1. The molecule has 1 aromatic carbocycles. The summed E-state index contributed by atoms with van der Waals surface area (Å²) in [5.41, 5.74) is 7.04. The summed E-state index contributed by atoms with van der Waals surface area (Å²) in [6, 6.07) is 6.47. The molecule has 1 heterocycles. The summed E-state index contributed by atoms with van der Waals surface area (Å²) in [4.78, 5) is 9.12. The van der Waals surface area contributed by atoms with Gasteiger partial charge in [0.05, 0.1) is 5.69 Å². The van der Waals surface area contributed by atoms with E-state index in [1.807, 2.05) is 6.92 Å². The van der Waals surface area contributed by atoms with Crippen molar-refractivity contribution in [2.45, 2.75) is 41.0 Å². The predicted molar refractivity (Wildman–Crippen MR) is 85.2 cm³/mol. The van der Waals surface area contributed by atoms with Crippen LogP contribution in [0.2, 0.25) is 0 Å². The summed E-state index contributed by atoms with van der Waals surface area (Å²) < 4.78 is 0. The molecule has 1 aromatic heterocycles. The van der Waals surface area contributed by atoms with Gasteiger partial charge in [-0.3, -0.25) is 0 Å². The first-order valence-electron chi connectivity index (χ1n) is 7.19. The van der Waals surface area contributed by atoms with E-state index in [9.17, 15) is 0 Å². The average molecular weight is 269 g/mol. The Morgan fingerprint density at radius 1 is 0.950 bits per heavy atom. The molecule has 0 spiro atoms. The van der Waals surface area contributed by atoms with Gasteiger partial charge < -0.3 is 5.32 Å². The lowest BCUT2D eigenvalue weighted by Gasteiger charge is -2.13. The second-order valence-electron chi connectivity index (χ2n) is 5.42. The molecule has 3 nitrogen and oxygen atoms in total. The van der Waals surface area contributed by atoms with Gasteiger partial charge in [0.2, 0.25) is 5.95 Å². The summed E-state index contributed by atoms with van der Waals surface area (Å²) in [6.07, 6.45) is 1.06. The second kappa shape index (κ2) is 6.04. The average Bonchev–Trinajstić information content (AvgIpc) is 2.34. The lowest BCUT2D eigenvalue weighted by Crippen LogP contribution is -2.06. The van der Waals surface area contributed by atoms with Gasteiger partial charge >= 0.3 is 0 Å². The third kappa shape index (κ3) is 3.16. The molecule has 106 valence electrons. The molecule has 0 aliphatic heterocycles. The lowest BCUT2D eigenvalue weighted by molar-refractivity contribution is 0.947. The molecule has 0 amide bonds. The number of hydrogen-bond acceptors (Lipinski definition) is 3. The highest BCUT2D eigenvalue weighted by molar-refractivity contribution is 5.69. The number of aryl methyl sites for hydroxylation is 4. The Kier molecular flexibility index (Phi) is 4.38. The van der Waals surface area contributed by atoms with Gasteiger partial charge in [-0.25, -0.2) is 9.97 Å². The Morgan fingerprint density at radius 2 is 1.60 bits per heavy atom. The van der Waals surface area contributed by atoms with Crippen LogP contribution in [-0.4, -0.2) is 16.5 Å². The summed E-state index contributed by atoms with van der Waals surface area (Å²) in [7, 11) is 0. The van der Waals surface area contributed by atoms with Gasteiger partial charge in [0, 0.05) is 17.8 Å². The summed E-state index contributed by atoms with van der Waals surface area (Å²) in [5, 5.41) is 3.27. The molecule has 2 aromatic rings. The minimum atomic E-state index is 0.723. The van der Waals surface area contributed by atoms with Crippen LogP contribution >= 0.6 is 0 Å². The molecule has 2 rings (SSSR count). The number of nitrogens with one attached hydrogen (secondary N) is 1. The first-order valence-corrected chi connectivity index (χ1v) is 7.19. The van der Waals surface area contributed by atoms with E-state index in [1.54, 1.807) is 0 Å². The van der Waals surface area contributed by atoms with Gasteiger partial charge in [0.25, 0.3) is 0 Å². The van der Waals surface area contributed by atoms with Gasteiger partial charge in [0.1, 0.15) is 0 Å². The molecule has 1 N–H and O–H groups in total. The Morgan fingerprint density at radius 3 is 2.20 bits per heavy atom. The Hall–Kier alpha value is -1.90. The lowest BCUT2D eigenvalue weighted by atomic mass is 9.97. The van der Waals surface area contributed by atoms with Crippen LogP contribution < -0.4 is 5.32 Å². The zero-order chi connectivity index (χ0) is 14.7. The van der Waals surface area contributed by atoms with Gasteiger partial charge in [0.15, 0.2) is 0 Å². The highest BCUT2D eigenvalue weighted by atomic mass is 15.1. The fourth-order valence-electron chi connectivity index (χ4n) is 2.60. The maximum Gasteiger partial charge on any atom is 0.223 e. The van der Waals surface area contributed by atoms with Crippen molar-refractivity contribution < 1.29 is 0 Å². The minimum Gasteiger partial charge on any atom is -0.354 e. The number of anilines is 1. The van der Waals surface area contributed by atoms with Gasteiger partial charge in [-0.2, -0.15) is 0 Å². The van der Waals surface area contributed by atoms with Crippen LogP contribution in [0.4, 0.5) is 5.95 Å². The van der Waals surface area contributed by atoms with Crippen molar-refractivity contribution >= 4 is 5.95 Å². The highest BCUT2D eigenvalue weighted by Crippen LogP contribution is 2.27. The molecule has 0 aliphatic carbocycles. The van der Waals surface area contributed by atoms with Crippen molar-refractivity contribution in [1.82, 2.24) is 9.97 Å². The van der Waals surface area contributed by atoms with E-state index < -0.39 is 0 Å². The van der Waals surface area contributed by atoms with Crippen molar-refractivity contribution in [3.8, 4) is 11.3 Å². The van der Waals surface area contributed by atoms with Crippen molar-refractivity contribution in [3.05, 3.63) is 40.6 Å². The summed E-state index contributed by atoms with van der Waals surface area (Å²) in [5.74, 6) is 0.723. The molecule has 0 atom stereocenters. The van der Waals surface area contributed by atoms with E-state index in [1.165, 1.54) is 22.3 Å². The first kappa shape index (κ1) is 14.5. The van der Waals surface area contributed by atoms with E-state index in [2.05, 4.69) is 61.2 Å². The molecule has 20 heavy (non-hydrogen) atoms. The molecular formula is C17H23N3. The number of benzene rings is 1. The fourth-order valence-corrected chi connectivity index (χ4v) is 2.60. The highest BCUT2D eigenvalue weighted by Gasteiger charge is 2.10. The standard InChI is InChI=1S/C17H23N3/c1-6-7-18-17-19-14(5)10-15(20-17)16-12(3)8-11(2)9-13(16)4/h8-10H,6-7H2,1-5H3,(H,18,19,20). The van der Waals surface area contributed by atoms with Crippen LogP contribution in [0.1, 0.15) is 35.7 Å². The van der Waals surface area contributed by atoms with E-state index in [-0.39, 0.29) is 0 Å². The molecule has 0 aliphatic rings. The van der Waals surface area contributed by atoms with E-state index in [0.717, 1.165) is 30.3 Å². The van der Waals surface area contributed by atoms with Crippen LogP contribution in [0.15, 0.2) is 18.2 Å². The molecule has 0 bridgehead atoms. The first-order chi connectivity index (χ1) is 9.51. The Labute approximate surface area is 121 Å². The van der Waals surface area contributed by atoms with Gasteiger partial charge in [-0.15, -0.1) is 0 Å². The summed E-state index contributed by atoms with van der Waals surface area (Å²) >= 11 is 0. The quantitative estimate of drug-likeness (QED) is 0.904. The summed E-state index contributed by atoms with van der Waals surface area (Å²) in [6.45, 7) is 11.5. The largest absolute Gasteiger partial charge is 0.354 e. The smallest absolute Gasteiger partial charge is 0.223 e. The van der Waals surface area contributed by atoms with Gasteiger partial charge in [-0.05, 0) is 51.3 Å². The van der Waals surface area contributed by atoms with Crippen LogP contribution in [0.5, 0.6) is 0 Å². The van der Waals surface area contributed by atoms with Crippen molar-refractivity contribution in [2.24, 2.45) is 0 Å². The second-order valence-corrected chi connectivity index (χ2v) is 5.42. The molecule has 0 radical (unpaired) electrons. The Bertz CT molecular complexity index is 595. The fraction of sp³-hybridized carbons (Fsp3) is 0.412. The molecule has 0 saturated carbocycles. The predicted octanol–water partition coefficient (Wildman–Crippen LogP) is 4.20. The number of nitrogens with zero attached hydrogens (tertiary/aromatic N) is 2. The van der Waals surface area contributed by atoms with Gasteiger partial charge in [-0.1, -0.05) is 24.6 Å². The number of rotatable bonds is 4. The normalized spacial score (nSPS) is 10.7. The molecule has 0 unspecified atom stereocenters. The van der Waals surface area contributed by atoms with Crippen LogP contribution in [0, 0.1) is 27.7 Å². The molecule has 3 heteroatoms. The van der Waals surface area contributed by atoms with E-state index in [0.29, 0.717) is 0 Å². The van der Waals surface area contributed by atoms with E-state index >= 15 is 0 Å². The van der Waals surface area contributed by atoms with Crippen LogP contribution in [0.25, 0.3) is 11.3 Å². The molecule has 0 fully saturated rings. The van der Waals surface area contributed by atoms with Crippen LogP contribution in [0.3, 0.4) is 0 Å². The third-order valence-electron chi connectivity index (χ3n) is 3.32. The monoisotopic (exact) mass is 269 g/mol. The van der Waals surface area contributed by atoms with Crippen LogP contribution in [-0.2, 0) is 0 Å². The molecular weight excluding hydrogens is 246 g/mol. The maximum atomic E-state index is 4.67. The zero-order valence-electron chi connectivity index (χ0n) is 13.0. The van der Waals surface area contributed by atoms with E-state index in [4.69, 9.17) is 0 Å². The van der Waals surface area contributed by atoms with Crippen molar-refractivity contribution in [2.75, 3.05) is 11.9 Å². The third-order valence-corrected chi connectivity index (χ3v) is 3.32. The minimum absolute atomic E-state index is 0.723. The topological polar surface area (TPSA) is 37.8 Å². The number of hydrogen-bond donors (Lipinski definition) is 1. The zero-order valence-corrected chi connectivity index (χ0v) is 13.0. The Balaban J connectivity index is 2.50. The maximum absolute atomic E-state index is 4.67. The van der Waals surface area contributed by atoms with Crippen molar-refractivity contribution in [1.29, 1.82) is 0 Å². The number of aromatic nitrogens is 2. The van der Waals surface area contributed by atoms with Crippen molar-refractivity contribution in [3.63, 3.8) is 0 Å².